The summed E-state index contributed by atoms with van der Waals surface area (Å²) >= 11 is 0. The van der Waals surface area contributed by atoms with Gasteiger partial charge < -0.3 is 20.1 Å². The second-order valence-corrected chi connectivity index (χ2v) is 5.05. The van der Waals surface area contributed by atoms with Crippen LogP contribution in [0, 0.1) is 0 Å². The first-order valence-corrected chi connectivity index (χ1v) is 7.04. The number of carboxylic acid groups (broad SMARTS) is 1. The molecule has 1 fully saturated rings. The van der Waals surface area contributed by atoms with E-state index in [4.69, 9.17) is 9.84 Å². The highest BCUT2D eigenvalue weighted by atomic mass is 16.5. The largest absolute Gasteiger partial charge is 0.480 e. The third-order valence-corrected chi connectivity index (χ3v) is 3.36. The summed E-state index contributed by atoms with van der Waals surface area (Å²) in [7, 11) is 0. The predicted molar refractivity (Wildman–Crippen MR) is 77.0 cm³/mol. The van der Waals surface area contributed by atoms with Gasteiger partial charge >= 0.3 is 12.1 Å². The van der Waals surface area contributed by atoms with Crippen LogP contribution in [-0.4, -0.2) is 47.1 Å². The van der Waals surface area contributed by atoms with Crippen molar-refractivity contribution in [1.29, 1.82) is 0 Å². The molecule has 1 aliphatic heterocycles. The molecule has 118 valence electrons. The number of hydrogen-bond acceptors (Lipinski definition) is 4. The molecule has 0 spiro atoms. The number of nitrogens with one attached hydrogen (secondary N) is 1. The number of carboxylic acids is 1. The molecule has 0 saturated carbocycles. The first kappa shape index (κ1) is 15.8. The Morgan fingerprint density at radius 3 is 2.73 bits per heavy atom. The van der Waals surface area contributed by atoms with Gasteiger partial charge in [0, 0.05) is 6.54 Å². The fourth-order valence-corrected chi connectivity index (χ4v) is 2.30. The molecule has 2 N–H and O–H groups in total. The maximum Gasteiger partial charge on any atom is 0.408 e. The SMILES string of the molecule is O=C(O)CN1CCCC(NC(=O)OCc2ccccc2)C1=O. The number of benzene rings is 1. The minimum Gasteiger partial charge on any atom is -0.480 e. The fourth-order valence-electron chi connectivity index (χ4n) is 2.30. The Morgan fingerprint density at radius 2 is 2.05 bits per heavy atom. The average Bonchev–Trinajstić information content (AvgIpc) is 2.50. The first-order chi connectivity index (χ1) is 10.6. The Hall–Kier alpha value is -2.57. The van der Waals surface area contributed by atoms with Crippen molar-refractivity contribution in [3.63, 3.8) is 0 Å². The van der Waals surface area contributed by atoms with E-state index in [1.165, 1.54) is 4.90 Å². The number of amides is 2. The average molecular weight is 306 g/mol. The van der Waals surface area contributed by atoms with Gasteiger partial charge in [0.25, 0.3) is 0 Å². The number of rotatable bonds is 5. The van der Waals surface area contributed by atoms with Crippen molar-refractivity contribution in [3.8, 4) is 0 Å². The fraction of sp³-hybridized carbons (Fsp3) is 0.400. The quantitative estimate of drug-likeness (QED) is 0.845. The van der Waals surface area contributed by atoms with Crippen molar-refractivity contribution in [1.82, 2.24) is 10.2 Å². The van der Waals surface area contributed by atoms with Gasteiger partial charge in [-0.15, -0.1) is 0 Å². The number of ether oxygens (including phenoxy) is 1. The standard InChI is InChI=1S/C15H18N2O5/c18-13(19)9-17-8-4-7-12(14(17)20)16-15(21)22-10-11-5-2-1-3-6-11/h1-3,5-6,12H,4,7-10H2,(H,16,21)(H,18,19). The topological polar surface area (TPSA) is 95.9 Å². The van der Waals surface area contributed by atoms with E-state index >= 15 is 0 Å². The zero-order valence-electron chi connectivity index (χ0n) is 12.0. The Bertz CT molecular complexity index is 546. The smallest absolute Gasteiger partial charge is 0.408 e. The van der Waals surface area contributed by atoms with Crippen LogP contribution >= 0.6 is 0 Å². The lowest BCUT2D eigenvalue weighted by molar-refractivity contribution is -0.146. The van der Waals surface area contributed by atoms with Crippen LogP contribution in [0.1, 0.15) is 18.4 Å². The minimum absolute atomic E-state index is 0.117. The number of carbonyl (C=O) groups is 3. The number of carbonyl (C=O) groups excluding carboxylic acids is 2. The van der Waals surface area contributed by atoms with E-state index in [9.17, 15) is 14.4 Å². The van der Waals surface area contributed by atoms with Crippen LogP contribution < -0.4 is 5.32 Å². The van der Waals surface area contributed by atoms with Crippen LogP contribution in [0.25, 0.3) is 0 Å². The molecule has 7 nitrogen and oxygen atoms in total. The van der Waals surface area contributed by atoms with Crippen LogP contribution in [0.3, 0.4) is 0 Å². The van der Waals surface area contributed by atoms with Crippen LogP contribution in [0.4, 0.5) is 4.79 Å². The maximum absolute atomic E-state index is 12.1. The normalized spacial score (nSPS) is 17.9. The summed E-state index contributed by atoms with van der Waals surface area (Å²) in [5.41, 5.74) is 0.847. The monoisotopic (exact) mass is 306 g/mol. The molecule has 1 atom stereocenters. The van der Waals surface area contributed by atoms with Gasteiger partial charge in [-0.25, -0.2) is 4.79 Å². The van der Waals surface area contributed by atoms with Gasteiger partial charge in [-0.1, -0.05) is 30.3 Å². The molecule has 0 aliphatic carbocycles. The summed E-state index contributed by atoms with van der Waals surface area (Å²) in [5.74, 6) is -1.45. The Morgan fingerprint density at radius 1 is 1.32 bits per heavy atom. The van der Waals surface area contributed by atoms with E-state index in [1.807, 2.05) is 30.3 Å². The number of nitrogens with zero attached hydrogens (tertiary/aromatic N) is 1. The van der Waals surface area contributed by atoms with Crippen molar-refractivity contribution in [2.45, 2.75) is 25.5 Å². The van der Waals surface area contributed by atoms with Gasteiger partial charge in [-0.2, -0.15) is 0 Å². The van der Waals surface area contributed by atoms with Gasteiger partial charge in [-0.05, 0) is 18.4 Å². The summed E-state index contributed by atoms with van der Waals surface area (Å²) in [4.78, 5) is 35.7. The number of hydrogen-bond donors (Lipinski definition) is 2. The van der Waals surface area contributed by atoms with Crippen molar-refractivity contribution < 1.29 is 24.2 Å². The maximum atomic E-state index is 12.1. The number of likely N-dealkylation sites (tertiary alicyclic amines) is 1. The molecule has 22 heavy (non-hydrogen) atoms. The molecule has 1 saturated heterocycles. The van der Waals surface area contributed by atoms with Gasteiger partial charge in [-0.3, -0.25) is 9.59 Å². The van der Waals surface area contributed by atoms with Crippen LogP contribution in [0.15, 0.2) is 30.3 Å². The Labute approximate surface area is 127 Å². The zero-order valence-corrected chi connectivity index (χ0v) is 12.0. The summed E-state index contributed by atoms with van der Waals surface area (Å²) in [5, 5.41) is 11.3. The van der Waals surface area contributed by atoms with Crippen molar-refractivity contribution in [2.24, 2.45) is 0 Å². The number of aliphatic carboxylic acids is 1. The Kier molecular flexibility index (Phi) is 5.35. The highest BCUT2D eigenvalue weighted by Crippen LogP contribution is 2.12. The second-order valence-electron chi connectivity index (χ2n) is 5.05. The first-order valence-electron chi connectivity index (χ1n) is 7.04. The van der Waals surface area contributed by atoms with Crippen molar-refractivity contribution in [2.75, 3.05) is 13.1 Å². The van der Waals surface area contributed by atoms with Crippen molar-refractivity contribution in [3.05, 3.63) is 35.9 Å². The van der Waals surface area contributed by atoms with Gasteiger partial charge in [0.05, 0.1) is 0 Å². The lowest BCUT2D eigenvalue weighted by atomic mass is 10.1. The number of piperidine rings is 1. The van der Waals surface area contributed by atoms with Gasteiger partial charge in [0.2, 0.25) is 5.91 Å². The predicted octanol–water partition coefficient (Wildman–Crippen LogP) is 0.988. The van der Waals surface area contributed by atoms with E-state index < -0.39 is 18.1 Å². The van der Waals surface area contributed by atoms with E-state index in [1.54, 1.807) is 0 Å². The lowest BCUT2D eigenvalue weighted by Crippen LogP contribution is -2.53. The van der Waals surface area contributed by atoms with E-state index in [0.717, 1.165) is 5.56 Å². The summed E-state index contributed by atoms with van der Waals surface area (Å²) < 4.78 is 5.06. The molecule has 0 radical (unpaired) electrons. The molecule has 1 heterocycles. The van der Waals surface area contributed by atoms with E-state index in [-0.39, 0.29) is 19.1 Å². The molecule has 2 rings (SSSR count). The molecule has 1 aliphatic rings. The summed E-state index contributed by atoms with van der Waals surface area (Å²) in [6, 6.07) is 8.47. The third-order valence-electron chi connectivity index (χ3n) is 3.36. The molecule has 2 amide bonds. The molecule has 1 aromatic rings. The molecular formula is C15H18N2O5. The molecule has 7 heteroatoms. The third kappa shape index (κ3) is 4.47. The molecule has 1 unspecified atom stereocenters. The highest BCUT2D eigenvalue weighted by Gasteiger charge is 2.31. The van der Waals surface area contributed by atoms with Crippen molar-refractivity contribution >= 4 is 18.0 Å². The minimum atomic E-state index is -1.07. The van der Waals surface area contributed by atoms with E-state index in [2.05, 4.69) is 5.32 Å². The molecule has 0 bridgehead atoms. The molecular weight excluding hydrogens is 288 g/mol. The van der Waals surface area contributed by atoms with Gasteiger partial charge in [0.15, 0.2) is 0 Å². The van der Waals surface area contributed by atoms with Crippen LogP contribution in [-0.2, 0) is 20.9 Å². The zero-order chi connectivity index (χ0) is 15.9. The van der Waals surface area contributed by atoms with E-state index in [0.29, 0.717) is 19.4 Å². The molecule has 0 aromatic heterocycles. The van der Waals surface area contributed by atoms with Crippen LogP contribution in [0.2, 0.25) is 0 Å². The molecule has 1 aromatic carbocycles. The summed E-state index contributed by atoms with van der Waals surface area (Å²) in [6.07, 6.45) is 0.442. The van der Waals surface area contributed by atoms with Gasteiger partial charge in [0.1, 0.15) is 19.2 Å². The van der Waals surface area contributed by atoms with Crippen LogP contribution in [0.5, 0.6) is 0 Å². The Balaban J connectivity index is 1.82. The lowest BCUT2D eigenvalue weighted by Gasteiger charge is -2.31. The second kappa shape index (κ2) is 7.44. The highest BCUT2D eigenvalue weighted by molar-refractivity contribution is 5.88. The number of alkyl carbamates (subject to hydrolysis) is 1. The summed E-state index contributed by atoms with van der Waals surface area (Å²) in [6.45, 7) is 0.158.